The van der Waals surface area contributed by atoms with E-state index >= 15 is 0 Å². The molecule has 0 unspecified atom stereocenters. The van der Waals surface area contributed by atoms with Crippen molar-refractivity contribution in [3.05, 3.63) is 23.7 Å². The fourth-order valence-electron chi connectivity index (χ4n) is 2.40. The maximum absolute atomic E-state index is 5.88. The molecule has 1 aliphatic heterocycles. The van der Waals surface area contributed by atoms with E-state index in [4.69, 9.17) is 4.42 Å². The predicted molar refractivity (Wildman–Crippen MR) is 65.6 cm³/mol. The van der Waals surface area contributed by atoms with Gasteiger partial charge in [0.05, 0.1) is 6.04 Å². The number of nitrogens with one attached hydrogen (secondary N) is 1. The van der Waals surface area contributed by atoms with Gasteiger partial charge in [0.2, 0.25) is 0 Å². The van der Waals surface area contributed by atoms with Gasteiger partial charge in [0.15, 0.2) is 0 Å². The highest BCUT2D eigenvalue weighted by molar-refractivity contribution is 5.11. The molecule has 3 heteroatoms. The van der Waals surface area contributed by atoms with Crippen molar-refractivity contribution in [3.63, 3.8) is 0 Å². The fraction of sp³-hybridized carbons (Fsp3) is 0.692. The zero-order chi connectivity index (χ0) is 11.4. The quantitative estimate of drug-likeness (QED) is 0.846. The van der Waals surface area contributed by atoms with Crippen LogP contribution in [0.25, 0.3) is 0 Å². The van der Waals surface area contributed by atoms with E-state index in [0.29, 0.717) is 6.04 Å². The molecule has 2 rings (SSSR count). The van der Waals surface area contributed by atoms with Crippen LogP contribution in [-0.4, -0.2) is 31.1 Å². The third kappa shape index (κ3) is 2.47. The first kappa shape index (κ1) is 11.7. The molecule has 2 heterocycles. The third-order valence-electron chi connectivity index (χ3n) is 3.34. The lowest BCUT2D eigenvalue weighted by Gasteiger charge is -2.33. The molecule has 0 aliphatic carbocycles. The van der Waals surface area contributed by atoms with E-state index in [1.807, 2.05) is 0 Å². The molecule has 1 atom stereocenters. The lowest BCUT2D eigenvalue weighted by Crippen LogP contribution is -2.44. The van der Waals surface area contributed by atoms with E-state index in [2.05, 4.69) is 36.2 Å². The van der Waals surface area contributed by atoms with Crippen LogP contribution in [0, 0.1) is 0 Å². The molecule has 1 aromatic heterocycles. The van der Waals surface area contributed by atoms with Gasteiger partial charge >= 0.3 is 0 Å². The number of aryl methyl sites for hydroxylation is 1. The minimum absolute atomic E-state index is 0.461. The molecule has 3 nitrogen and oxygen atoms in total. The summed E-state index contributed by atoms with van der Waals surface area (Å²) in [4.78, 5) is 2.52. The average molecular weight is 222 g/mol. The van der Waals surface area contributed by atoms with Crippen molar-refractivity contribution in [2.24, 2.45) is 0 Å². The molecule has 0 radical (unpaired) electrons. The molecular weight excluding hydrogens is 200 g/mol. The predicted octanol–water partition coefficient (Wildman–Crippen LogP) is 2.20. The van der Waals surface area contributed by atoms with Crippen LogP contribution >= 0.6 is 0 Å². The van der Waals surface area contributed by atoms with E-state index in [9.17, 15) is 0 Å². The maximum Gasteiger partial charge on any atom is 0.121 e. The summed E-state index contributed by atoms with van der Waals surface area (Å²) in [6.45, 7) is 8.81. The second kappa shape index (κ2) is 5.51. The van der Waals surface area contributed by atoms with Crippen LogP contribution in [-0.2, 0) is 6.42 Å². The second-order valence-corrected chi connectivity index (χ2v) is 4.37. The number of rotatable bonds is 4. The van der Waals surface area contributed by atoms with Crippen LogP contribution < -0.4 is 5.32 Å². The highest BCUT2D eigenvalue weighted by Crippen LogP contribution is 2.26. The summed E-state index contributed by atoms with van der Waals surface area (Å²) in [5.41, 5.74) is 0. The van der Waals surface area contributed by atoms with Crippen LogP contribution in [0.1, 0.15) is 37.8 Å². The molecule has 1 fully saturated rings. The van der Waals surface area contributed by atoms with Gasteiger partial charge in [-0.1, -0.05) is 13.8 Å². The largest absolute Gasteiger partial charge is 0.464 e. The fourth-order valence-corrected chi connectivity index (χ4v) is 2.40. The van der Waals surface area contributed by atoms with Gasteiger partial charge in [-0.25, -0.2) is 0 Å². The first-order valence-electron chi connectivity index (χ1n) is 6.38. The van der Waals surface area contributed by atoms with E-state index in [1.165, 1.54) is 0 Å². The van der Waals surface area contributed by atoms with Crippen LogP contribution in [0.15, 0.2) is 16.5 Å². The van der Waals surface area contributed by atoms with Gasteiger partial charge in [-0.3, -0.25) is 4.90 Å². The summed E-state index contributed by atoms with van der Waals surface area (Å²) in [7, 11) is 0. The van der Waals surface area contributed by atoms with Crippen LogP contribution in [0.3, 0.4) is 0 Å². The van der Waals surface area contributed by atoms with Crippen molar-refractivity contribution in [2.75, 3.05) is 26.2 Å². The topological polar surface area (TPSA) is 28.4 Å². The Morgan fingerprint density at radius 3 is 2.62 bits per heavy atom. The molecule has 16 heavy (non-hydrogen) atoms. The van der Waals surface area contributed by atoms with Gasteiger partial charge in [0, 0.05) is 32.6 Å². The first-order chi connectivity index (χ1) is 7.85. The molecule has 1 aromatic rings. The highest BCUT2D eigenvalue weighted by Gasteiger charge is 2.22. The summed E-state index contributed by atoms with van der Waals surface area (Å²) >= 11 is 0. The summed E-state index contributed by atoms with van der Waals surface area (Å²) in [6, 6.07) is 4.72. The van der Waals surface area contributed by atoms with Crippen molar-refractivity contribution in [1.82, 2.24) is 10.2 Å². The van der Waals surface area contributed by atoms with E-state index in [1.54, 1.807) is 0 Å². The zero-order valence-electron chi connectivity index (χ0n) is 10.3. The molecular formula is C13H22N2O. The Kier molecular flexibility index (Phi) is 4.02. The van der Waals surface area contributed by atoms with Crippen LogP contribution in [0.4, 0.5) is 0 Å². The van der Waals surface area contributed by atoms with Gasteiger partial charge in [-0.2, -0.15) is 0 Å². The van der Waals surface area contributed by atoms with Crippen LogP contribution in [0.5, 0.6) is 0 Å². The summed E-state index contributed by atoms with van der Waals surface area (Å²) in [5, 5.41) is 3.39. The molecule has 0 amide bonds. The van der Waals surface area contributed by atoms with Crippen molar-refractivity contribution in [1.29, 1.82) is 0 Å². The second-order valence-electron chi connectivity index (χ2n) is 4.37. The Labute approximate surface area is 97.8 Å². The summed E-state index contributed by atoms with van der Waals surface area (Å²) in [6.07, 6.45) is 2.11. The Balaban J connectivity index is 2.08. The average Bonchev–Trinajstić information content (AvgIpc) is 2.80. The van der Waals surface area contributed by atoms with Crippen molar-refractivity contribution < 1.29 is 4.42 Å². The highest BCUT2D eigenvalue weighted by atomic mass is 16.3. The standard InChI is InChI=1S/C13H22N2O/c1-3-11-5-6-13(16-11)12(4-2)15-9-7-14-8-10-15/h5-6,12,14H,3-4,7-10H2,1-2H3/t12-/m0/s1. The molecule has 1 saturated heterocycles. The maximum atomic E-state index is 5.88. The van der Waals surface area contributed by atoms with Gasteiger partial charge < -0.3 is 9.73 Å². The lowest BCUT2D eigenvalue weighted by molar-refractivity contribution is 0.149. The number of furan rings is 1. The molecule has 1 N–H and O–H groups in total. The van der Waals surface area contributed by atoms with E-state index in [0.717, 1.165) is 50.5 Å². The number of hydrogen-bond acceptors (Lipinski definition) is 3. The van der Waals surface area contributed by atoms with Gasteiger partial charge in [-0.05, 0) is 18.6 Å². The van der Waals surface area contributed by atoms with Gasteiger partial charge in [-0.15, -0.1) is 0 Å². The SMILES string of the molecule is CCc1ccc([C@H](CC)N2CCNCC2)o1. The first-order valence-corrected chi connectivity index (χ1v) is 6.38. The van der Waals surface area contributed by atoms with Crippen molar-refractivity contribution in [2.45, 2.75) is 32.7 Å². The van der Waals surface area contributed by atoms with Crippen molar-refractivity contribution in [3.8, 4) is 0 Å². The molecule has 0 spiro atoms. The molecule has 0 saturated carbocycles. The van der Waals surface area contributed by atoms with E-state index in [-0.39, 0.29) is 0 Å². The zero-order valence-corrected chi connectivity index (χ0v) is 10.3. The number of hydrogen-bond donors (Lipinski definition) is 1. The summed E-state index contributed by atoms with van der Waals surface area (Å²) < 4.78 is 5.88. The van der Waals surface area contributed by atoms with Crippen molar-refractivity contribution >= 4 is 0 Å². The van der Waals surface area contributed by atoms with Gasteiger partial charge in [0.1, 0.15) is 11.5 Å². The molecule has 1 aliphatic rings. The third-order valence-corrected chi connectivity index (χ3v) is 3.34. The Hall–Kier alpha value is -0.800. The minimum atomic E-state index is 0.461. The number of piperazine rings is 1. The van der Waals surface area contributed by atoms with Crippen LogP contribution in [0.2, 0.25) is 0 Å². The molecule has 0 aromatic carbocycles. The normalized spacial score (nSPS) is 19.9. The monoisotopic (exact) mass is 222 g/mol. The molecule has 90 valence electrons. The smallest absolute Gasteiger partial charge is 0.121 e. The molecule has 0 bridgehead atoms. The Morgan fingerprint density at radius 2 is 2.06 bits per heavy atom. The number of nitrogens with zero attached hydrogens (tertiary/aromatic N) is 1. The Bertz CT molecular complexity index is 315. The minimum Gasteiger partial charge on any atom is -0.464 e. The van der Waals surface area contributed by atoms with Gasteiger partial charge in [0.25, 0.3) is 0 Å². The van der Waals surface area contributed by atoms with E-state index < -0.39 is 0 Å². The lowest BCUT2D eigenvalue weighted by atomic mass is 10.1. The Morgan fingerprint density at radius 1 is 1.31 bits per heavy atom. The summed E-state index contributed by atoms with van der Waals surface area (Å²) in [5.74, 6) is 2.24.